The molecule has 0 bridgehead atoms. The minimum atomic E-state index is -0.461. The zero-order valence-corrected chi connectivity index (χ0v) is 14.8. The van der Waals surface area contributed by atoms with Crippen molar-refractivity contribution in [1.29, 1.82) is 0 Å². The van der Waals surface area contributed by atoms with Crippen molar-refractivity contribution >= 4 is 11.7 Å². The van der Waals surface area contributed by atoms with Crippen LogP contribution in [0.3, 0.4) is 0 Å². The quantitative estimate of drug-likeness (QED) is 0.609. The highest BCUT2D eigenvalue weighted by Gasteiger charge is 2.38. The zero-order valence-electron chi connectivity index (χ0n) is 14.8. The van der Waals surface area contributed by atoms with Crippen LogP contribution >= 0.6 is 0 Å². The normalized spacial score (nSPS) is 25.3. The first-order valence-corrected chi connectivity index (χ1v) is 8.99. The van der Waals surface area contributed by atoms with Crippen molar-refractivity contribution in [3.8, 4) is 0 Å². The van der Waals surface area contributed by atoms with Crippen LogP contribution in [0.2, 0.25) is 0 Å². The van der Waals surface area contributed by atoms with Crippen LogP contribution in [-0.2, 0) is 4.79 Å². The number of carbonyl (C=O) groups is 2. The van der Waals surface area contributed by atoms with Crippen LogP contribution in [0.25, 0.3) is 0 Å². The van der Waals surface area contributed by atoms with Gasteiger partial charge in [0.1, 0.15) is 0 Å². The van der Waals surface area contributed by atoms with E-state index in [0.29, 0.717) is 18.7 Å². The van der Waals surface area contributed by atoms with Crippen molar-refractivity contribution in [2.45, 2.75) is 0 Å². The number of ketones is 1. The number of carbonyl (C=O) groups excluding carboxylic acids is 2. The van der Waals surface area contributed by atoms with Crippen LogP contribution < -0.4 is 0 Å². The second-order valence-corrected chi connectivity index (χ2v) is 7.21. The molecule has 3 rings (SSSR count). The van der Waals surface area contributed by atoms with E-state index in [-0.39, 0.29) is 18.4 Å². The van der Waals surface area contributed by atoms with Gasteiger partial charge < -0.3 is 19.8 Å². The van der Waals surface area contributed by atoms with Gasteiger partial charge >= 0.3 is 0 Å². The van der Waals surface area contributed by atoms with Crippen LogP contribution in [0.1, 0.15) is 10.4 Å². The lowest BCUT2D eigenvalue weighted by molar-refractivity contribution is -0.125. The molecule has 2 fully saturated rings. The summed E-state index contributed by atoms with van der Waals surface area (Å²) in [6.07, 6.45) is 0. The minimum Gasteiger partial charge on any atom is -0.396 e. The molecule has 1 amide bonds. The average Bonchev–Trinajstić information content (AvgIpc) is 3.06. The number of Topliss-reactive ketones (excluding diaryl/α,β-unsaturated/α-hetero) is 1. The molecule has 0 saturated carbocycles. The number of hydrogen-bond donors (Lipinski definition) is 1. The fraction of sp³-hybridized carbons (Fsp3) is 0.579. The Morgan fingerprint density at radius 3 is 2.32 bits per heavy atom. The van der Waals surface area contributed by atoms with Gasteiger partial charge in [-0.15, -0.1) is 0 Å². The molecule has 0 unspecified atom stereocenters. The third-order valence-corrected chi connectivity index (χ3v) is 5.42. The van der Waals surface area contributed by atoms with Crippen molar-refractivity contribution in [2.24, 2.45) is 11.8 Å². The number of piperazine rings is 1. The molecule has 6 nitrogen and oxygen atoms in total. The lowest BCUT2D eigenvalue weighted by Gasteiger charge is -2.34. The predicted molar refractivity (Wildman–Crippen MR) is 95.4 cm³/mol. The summed E-state index contributed by atoms with van der Waals surface area (Å²) in [5.74, 6) is -0.642. The van der Waals surface area contributed by atoms with Crippen molar-refractivity contribution in [3.05, 3.63) is 35.9 Å². The second-order valence-electron chi connectivity index (χ2n) is 7.21. The number of likely N-dealkylation sites (N-methyl/N-ethyl adjacent to an activating group) is 1. The second kappa shape index (κ2) is 8.08. The highest BCUT2D eigenvalue weighted by molar-refractivity contribution is 6.42. The van der Waals surface area contributed by atoms with Gasteiger partial charge in [0, 0.05) is 63.9 Å². The molecule has 0 aromatic heterocycles. The maximum atomic E-state index is 12.6. The van der Waals surface area contributed by atoms with Gasteiger partial charge in [0.2, 0.25) is 5.78 Å². The van der Waals surface area contributed by atoms with E-state index in [9.17, 15) is 14.7 Å². The topological polar surface area (TPSA) is 64.1 Å². The highest BCUT2D eigenvalue weighted by atomic mass is 16.3. The van der Waals surface area contributed by atoms with E-state index in [1.165, 1.54) is 0 Å². The number of rotatable bonds is 5. The number of aliphatic hydroxyl groups is 1. The Labute approximate surface area is 149 Å². The average molecular weight is 345 g/mol. The van der Waals surface area contributed by atoms with Crippen LogP contribution in [-0.4, -0.2) is 91.0 Å². The van der Waals surface area contributed by atoms with Crippen LogP contribution in [0, 0.1) is 11.8 Å². The van der Waals surface area contributed by atoms with Crippen molar-refractivity contribution in [2.75, 3.05) is 59.5 Å². The van der Waals surface area contributed by atoms with Crippen molar-refractivity contribution in [3.63, 3.8) is 0 Å². The van der Waals surface area contributed by atoms with E-state index in [0.717, 1.165) is 32.7 Å². The van der Waals surface area contributed by atoms with Crippen LogP contribution in [0.4, 0.5) is 0 Å². The molecule has 1 aromatic rings. The van der Waals surface area contributed by atoms with Gasteiger partial charge in [-0.05, 0) is 13.0 Å². The van der Waals surface area contributed by atoms with Gasteiger partial charge in [0.25, 0.3) is 5.91 Å². The molecule has 2 saturated heterocycles. The Hall–Kier alpha value is -1.76. The molecular formula is C19H27N3O3. The molecule has 2 aliphatic rings. The third-order valence-electron chi connectivity index (χ3n) is 5.42. The lowest BCUT2D eigenvalue weighted by Crippen LogP contribution is -2.47. The molecule has 136 valence electrons. The number of aliphatic hydroxyl groups excluding tert-OH is 1. The van der Waals surface area contributed by atoms with E-state index >= 15 is 0 Å². The minimum absolute atomic E-state index is 0.0483. The lowest BCUT2D eigenvalue weighted by atomic mass is 9.96. The molecule has 0 spiro atoms. The highest BCUT2D eigenvalue weighted by Crippen LogP contribution is 2.25. The standard InChI is InChI=1S/C19H27N3O3/c1-20-7-9-21(10-8-20)11-16-12-22(13-17(16)14-23)19(25)18(24)15-5-3-2-4-6-15/h2-6,16-17,23H,7-14H2,1H3/t16-,17-/m1/s1. The summed E-state index contributed by atoms with van der Waals surface area (Å²) >= 11 is 0. The van der Waals surface area contributed by atoms with Gasteiger partial charge in [0.15, 0.2) is 0 Å². The zero-order chi connectivity index (χ0) is 17.8. The predicted octanol–water partition coefficient (Wildman–Crippen LogP) is 0.184. The van der Waals surface area contributed by atoms with Crippen molar-refractivity contribution < 1.29 is 14.7 Å². The first-order chi connectivity index (χ1) is 12.1. The summed E-state index contributed by atoms with van der Waals surface area (Å²) < 4.78 is 0. The summed E-state index contributed by atoms with van der Waals surface area (Å²) in [5, 5.41) is 9.71. The SMILES string of the molecule is CN1CCN(C[C@@H]2CN(C(=O)C(=O)c3ccccc3)C[C@@H]2CO)CC1. The Morgan fingerprint density at radius 1 is 1.04 bits per heavy atom. The molecule has 6 heteroatoms. The number of nitrogens with zero attached hydrogens (tertiary/aromatic N) is 3. The third kappa shape index (κ3) is 4.26. The maximum Gasteiger partial charge on any atom is 0.294 e. The Kier molecular flexibility index (Phi) is 5.83. The maximum absolute atomic E-state index is 12.6. The molecule has 2 atom stereocenters. The molecule has 2 heterocycles. The van der Waals surface area contributed by atoms with E-state index < -0.39 is 11.7 Å². The number of hydrogen-bond acceptors (Lipinski definition) is 5. The summed E-state index contributed by atoms with van der Waals surface area (Å²) in [5.41, 5.74) is 0.426. The van der Waals surface area contributed by atoms with E-state index in [4.69, 9.17) is 0 Å². The fourth-order valence-electron chi connectivity index (χ4n) is 3.74. The Bertz CT molecular complexity index is 599. The number of amides is 1. The smallest absolute Gasteiger partial charge is 0.294 e. The molecule has 2 aliphatic heterocycles. The van der Waals surface area contributed by atoms with Crippen molar-refractivity contribution in [1.82, 2.24) is 14.7 Å². The summed E-state index contributed by atoms with van der Waals surface area (Å²) in [4.78, 5) is 31.3. The Balaban J connectivity index is 1.60. The molecule has 0 radical (unpaired) electrons. The first-order valence-electron chi connectivity index (χ1n) is 8.99. The fourth-order valence-corrected chi connectivity index (χ4v) is 3.74. The summed E-state index contributed by atoms with van der Waals surface area (Å²) in [6, 6.07) is 8.68. The van der Waals surface area contributed by atoms with Crippen LogP contribution in [0.15, 0.2) is 30.3 Å². The molecule has 1 aromatic carbocycles. The van der Waals surface area contributed by atoms with Gasteiger partial charge in [0.05, 0.1) is 0 Å². The monoisotopic (exact) mass is 345 g/mol. The van der Waals surface area contributed by atoms with Gasteiger partial charge in [-0.25, -0.2) is 0 Å². The van der Waals surface area contributed by atoms with E-state index in [1.807, 2.05) is 6.07 Å². The largest absolute Gasteiger partial charge is 0.396 e. The van der Waals surface area contributed by atoms with E-state index in [2.05, 4.69) is 16.8 Å². The molecule has 25 heavy (non-hydrogen) atoms. The van der Waals surface area contributed by atoms with Gasteiger partial charge in [-0.1, -0.05) is 30.3 Å². The van der Waals surface area contributed by atoms with E-state index in [1.54, 1.807) is 29.2 Å². The van der Waals surface area contributed by atoms with Crippen LogP contribution in [0.5, 0.6) is 0 Å². The summed E-state index contributed by atoms with van der Waals surface area (Å²) in [7, 11) is 2.12. The number of likely N-dealkylation sites (tertiary alicyclic amines) is 1. The summed E-state index contributed by atoms with van der Waals surface area (Å²) in [6.45, 7) is 6.08. The number of benzene rings is 1. The Morgan fingerprint density at radius 2 is 1.68 bits per heavy atom. The first kappa shape index (κ1) is 18.0. The van der Waals surface area contributed by atoms with Gasteiger partial charge in [-0.2, -0.15) is 0 Å². The molecular weight excluding hydrogens is 318 g/mol. The molecule has 0 aliphatic carbocycles. The van der Waals surface area contributed by atoms with Gasteiger partial charge in [-0.3, -0.25) is 9.59 Å². The molecule has 1 N–H and O–H groups in total.